The van der Waals surface area contributed by atoms with Crippen LogP contribution in [0.5, 0.6) is 0 Å². The van der Waals surface area contributed by atoms with Crippen molar-refractivity contribution in [3.05, 3.63) is 49.9 Å². The molecular weight excluding hydrogens is 276 g/mol. The molecule has 0 saturated heterocycles. The van der Waals surface area contributed by atoms with Gasteiger partial charge in [-0.1, -0.05) is 6.07 Å². The zero-order valence-corrected chi connectivity index (χ0v) is 9.54. The molecule has 0 atom stereocenters. The van der Waals surface area contributed by atoms with E-state index in [-0.39, 0.29) is 0 Å². The summed E-state index contributed by atoms with van der Waals surface area (Å²) in [6.07, 6.45) is 7.73. The number of hydrogen-bond acceptors (Lipinski definition) is 1. The van der Waals surface area contributed by atoms with Crippen LogP contribution in [0.1, 0.15) is 12.1 Å². The molecule has 1 heterocycles. The Bertz CT molecular complexity index is 191. The summed E-state index contributed by atoms with van der Waals surface area (Å²) < 4.78 is 0. The zero-order valence-electron chi connectivity index (χ0n) is 7.23. The summed E-state index contributed by atoms with van der Waals surface area (Å²) in [5, 5.41) is 0. The van der Waals surface area contributed by atoms with Gasteiger partial charge in [0, 0.05) is 11.9 Å². The van der Waals surface area contributed by atoms with Gasteiger partial charge in [-0.15, -0.1) is 0 Å². The van der Waals surface area contributed by atoms with Crippen molar-refractivity contribution in [3.63, 3.8) is 0 Å². The minimum absolute atomic E-state index is 1.01. The predicted octanol–water partition coefficient (Wildman–Crippen LogP) is 2.94. The molecule has 0 fully saturated rings. The van der Waals surface area contributed by atoms with Crippen LogP contribution >= 0.6 is 9.53 Å². The fourth-order valence-corrected chi connectivity index (χ4v) is 0.895. The van der Waals surface area contributed by atoms with Crippen molar-refractivity contribution in [1.82, 2.24) is 4.98 Å². The van der Waals surface area contributed by atoms with Crippen LogP contribution in [0.4, 0.5) is 0 Å². The Labute approximate surface area is 95.3 Å². The number of pyridine rings is 1. The second kappa shape index (κ2) is 10.2. The molecule has 0 bridgehead atoms. The average molecular weight is 288 g/mol. The van der Waals surface area contributed by atoms with Gasteiger partial charge in [-0.3, -0.25) is 4.98 Å². The first-order valence-electron chi connectivity index (χ1n) is 3.89. The Morgan fingerprint density at radius 1 is 1.46 bits per heavy atom. The summed E-state index contributed by atoms with van der Waals surface area (Å²) in [5.41, 5.74) is 1.14. The van der Waals surface area contributed by atoms with E-state index in [9.17, 15) is 0 Å². The van der Waals surface area contributed by atoms with Crippen molar-refractivity contribution >= 4 is 9.53 Å². The van der Waals surface area contributed by atoms with E-state index < -0.39 is 0 Å². The molecule has 1 nitrogen and oxygen atoms in total. The topological polar surface area (TPSA) is 12.9 Å². The van der Waals surface area contributed by atoms with E-state index >= 15 is 0 Å². The normalized spacial score (nSPS) is 8.92. The molecule has 0 aliphatic heterocycles. The van der Waals surface area contributed by atoms with Crippen molar-refractivity contribution in [3.8, 4) is 0 Å². The van der Waals surface area contributed by atoms with Crippen molar-refractivity contribution in [2.24, 2.45) is 0 Å². The summed E-state index contributed by atoms with van der Waals surface area (Å²) >= 11 is 2.22. The first kappa shape index (κ1) is 13.1. The third-order valence-electron chi connectivity index (χ3n) is 1.46. The molecule has 0 unspecified atom stereocenters. The van der Waals surface area contributed by atoms with Gasteiger partial charge in [0.15, 0.2) is 0 Å². The van der Waals surface area contributed by atoms with Crippen LogP contribution in [0, 0.1) is 19.8 Å². The summed E-state index contributed by atoms with van der Waals surface area (Å²) in [6, 6.07) is 5.98. The van der Waals surface area contributed by atoms with Crippen LogP contribution in [0.25, 0.3) is 0 Å². The second-order valence-corrected chi connectivity index (χ2v) is 2.33. The van der Waals surface area contributed by atoms with E-state index in [1.807, 2.05) is 30.8 Å². The van der Waals surface area contributed by atoms with Gasteiger partial charge < -0.3 is 0 Å². The third kappa shape index (κ3) is 7.19. The van der Waals surface area contributed by atoms with Crippen LogP contribution in [0.2, 0.25) is 0 Å². The van der Waals surface area contributed by atoms with Crippen molar-refractivity contribution < 1.29 is 18.2 Å². The van der Waals surface area contributed by atoms with E-state index in [0.29, 0.717) is 0 Å². The molecule has 0 N–H and O–H groups in total. The molecule has 0 aliphatic rings. The van der Waals surface area contributed by atoms with Gasteiger partial charge >= 0.3 is 27.7 Å². The number of aromatic nitrogens is 1. The molecule has 3 heteroatoms. The molecule has 0 aromatic carbocycles. The SMILES string of the molecule is [CH2][CH][CH]CCc1ccccn1.[Cl][Pd+]. The Balaban J connectivity index is 0.000000671. The average Bonchev–Trinajstić information content (AvgIpc) is 2.23. The van der Waals surface area contributed by atoms with Gasteiger partial charge in [0.1, 0.15) is 0 Å². The summed E-state index contributed by atoms with van der Waals surface area (Å²) in [6.45, 7) is 3.62. The number of unbranched alkanes of at least 4 members (excludes halogenated alkanes) is 2. The summed E-state index contributed by atoms with van der Waals surface area (Å²) in [4.78, 5) is 4.20. The molecule has 3 radical (unpaired) electrons. The molecular formula is C10H12ClNPd+. The van der Waals surface area contributed by atoms with Gasteiger partial charge in [0.05, 0.1) is 0 Å². The number of rotatable bonds is 4. The molecule has 1 aromatic rings. The molecule has 13 heavy (non-hydrogen) atoms. The van der Waals surface area contributed by atoms with Crippen molar-refractivity contribution in [1.29, 1.82) is 0 Å². The predicted molar refractivity (Wildman–Crippen MR) is 52.4 cm³/mol. The van der Waals surface area contributed by atoms with Gasteiger partial charge in [-0.05, 0) is 44.7 Å². The first-order valence-corrected chi connectivity index (χ1v) is 5.90. The molecule has 0 saturated carbocycles. The van der Waals surface area contributed by atoms with Crippen LogP contribution in [-0.2, 0) is 24.6 Å². The quantitative estimate of drug-likeness (QED) is 0.613. The van der Waals surface area contributed by atoms with E-state index in [2.05, 4.69) is 46.0 Å². The molecule has 1 rings (SSSR count). The Hall–Kier alpha value is 0.102. The monoisotopic (exact) mass is 287 g/mol. The van der Waals surface area contributed by atoms with E-state index in [4.69, 9.17) is 0 Å². The van der Waals surface area contributed by atoms with Gasteiger partial charge in [-0.2, -0.15) is 0 Å². The van der Waals surface area contributed by atoms with Crippen LogP contribution in [0.3, 0.4) is 0 Å². The Kier molecular flexibility index (Phi) is 10.3. The maximum atomic E-state index is 4.49. The fraction of sp³-hybridized carbons (Fsp3) is 0.200. The summed E-state index contributed by atoms with van der Waals surface area (Å²) in [7, 11) is 4.49. The van der Waals surface area contributed by atoms with E-state index in [0.717, 1.165) is 18.5 Å². The fourth-order valence-electron chi connectivity index (χ4n) is 0.895. The van der Waals surface area contributed by atoms with Crippen LogP contribution in [-0.4, -0.2) is 4.98 Å². The second-order valence-electron chi connectivity index (χ2n) is 2.33. The summed E-state index contributed by atoms with van der Waals surface area (Å²) in [5.74, 6) is 0. The maximum absolute atomic E-state index is 4.49. The number of aryl methyl sites for hydroxylation is 1. The first-order chi connectivity index (χ1) is 6.43. The number of nitrogens with zero attached hydrogens (tertiary/aromatic N) is 1. The molecule has 0 amide bonds. The van der Waals surface area contributed by atoms with E-state index in [1.165, 1.54) is 0 Å². The van der Waals surface area contributed by atoms with Gasteiger partial charge in [0.25, 0.3) is 0 Å². The van der Waals surface area contributed by atoms with Gasteiger partial charge in [-0.25, -0.2) is 0 Å². The van der Waals surface area contributed by atoms with Gasteiger partial charge in [0.2, 0.25) is 0 Å². The standard InChI is InChI=1S/C10H12N.ClH.Pd/c1-2-3-4-7-10-8-5-6-9-11-10;;/h2-3,5-6,8-9H,1,4,7H2;1H;/q;;+2/p-1. The Morgan fingerprint density at radius 2 is 2.23 bits per heavy atom. The van der Waals surface area contributed by atoms with Crippen molar-refractivity contribution in [2.75, 3.05) is 0 Å². The minimum atomic E-state index is 1.01. The number of halogens is 1. The Morgan fingerprint density at radius 3 is 2.77 bits per heavy atom. The molecule has 0 aliphatic carbocycles. The third-order valence-corrected chi connectivity index (χ3v) is 1.46. The van der Waals surface area contributed by atoms with Crippen LogP contribution in [0.15, 0.2) is 24.4 Å². The molecule has 73 valence electrons. The van der Waals surface area contributed by atoms with Crippen LogP contribution < -0.4 is 0 Å². The van der Waals surface area contributed by atoms with E-state index in [1.54, 1.807) is 0 Å². The zero-order chi connectivity index (χ0) is 9.94. The molecule has 0 spiro atoms. The van der Waals surface area contributed by atoms with Crippen molar-refractivity contribution in [2.45, 2.75) is 12.8 Å². The molecule has 1 aromatic heterocycles. The number of hydrogen-bond donors (Lipinski definition) is 0.